The molecule has 2 rings (SSSR count). The molecule has 0 bridgehead atoms. The second-order valence-corrected chi connectivity index (χ2v) is 4.79. The van der Waals surface area contributed by atoms with Gasteiger partial charge >= 0.3 is 6.03 Å². The molecule has 6 heteroatoms. The van der Waals surface area contributed by atoms with Crippen LogP contribution in [0.15, 0.2) is 22.7 Å². The molecule has 1 saturated heterocycles. The van der Waals surface area contributed by atoms with Gasteiger partial charge in [-0.25, -0.2) is 4.79 Å². The summed E-state index contributed by atoms with van der Waals surface area (Å²) in [5, 5.41) is 4.81. The first kappa shape index (κ1) is 11.9. The Morgan fingerprint density at radius 1 is 1.35 bits per heavy atom. The summed E-state index contributed by atoms with van der Waals surface area (Å²) in [5.74, 6) is 0.159. The molecule has 1 unspecified atom stereocenters. The van der Waals surface area contributed by atoms with Gasteiger partial charge in [-0.2, -0.15) is 0 Å². The summed E-state index contributed by atoms with van der Waals surface area (Å²) in [6.07, 6.45) is 0. The Hall–Kier alpha value is -1.56. The number of carbonyl (C=O) groups excluding carboxylic acids is 2. The smallest absolute Gasteiger partial charge is 0.322 e. The van der Waals surface area contributed by atoms with Crippen molar-refractivity contribution in [2.75, 3.05) is 7.11 Å². The molecule has 0 aliphatic carbocycles. The van der Waals surface area contributed by atoms with Crippen LogP contribution in [0.1, 0.15) is 12.5 Å². The molecule has 0 saturated carbocycles. The third kappa shape index (κ3) is 1.88. The number of ether oxygens (including phenoxy) is 1. The molecule has 0 radical (unpaired) electrons. The highest BCUT2D eigenvalue weighted by Crippen LogP contribution is 2.34. The first-order chi connectivity index (χ1) is 7.97. The molecule has 1 heterocycles. The van der Waals surface area contributed by atoms with E-state index in [0.29, 0.717) is 11.3 Å². The van der Waals surface area contributed by atoms with Gasteiger partial charge in [0.2, 0.25) is 0 Å². The number of benzene rings is 1. The molecule has 5 nitrogen and oxygen atoms in total. The average Bonchev–Trinajstić information content (AvgIpc) is 2.53. The maximum absolute atomic E-state index is 11.8. The van der Waals surface area contributed by atoms with E-state index in [9.17, 15) is 9.59 Å². The number of halogens is 1. The van der Waals surface area contributed by atoms with Gasteiger partial charge in [-0.05, 0) is 25.1 Å². The number of imide groups is 1. The van der Waals surface area contributed by atoms with Crippen molar-refractivity contribution in [3.05, 3.63) is 28.2 Å². The summed E-state index contributed by atoms with van der Waals surface area (Å²) in [6, 6.07) is 4.80. The molecule has 1 atom stereocenters. The van der Waals surface area contributed by atoms with Crippen molar-refractivity contribution >= 4 is 27.9 Å². The Kier molecular flexibility index (Phi) is 2.82. The lowest BCUT2D eigenvalue weighted by Gasteiger charge is -2.23. The molecule has 0 aromatic heterocycles. The highest BCUT2D eigenvalue weighted by molar-refractivity contribution is 9.10. The lowest BCUT2D eigenvalue weighted by Crippen LogP contribution is -2.40. The fourth-order valence-corrected chi connectivity index (χ4v) is 2.16. The van der Waals surface area contributed by atoms with E-state index in [0.717, 1.165) is 4.47 Å². The summed E-state index contributed by atoms with van der Waals surface area (Å²) < 4.78 is 6.02. The van der Waals surface area contributed by atoms with Crippen molar-refractivity contribution in [2.45, 2.75) is 12.5 Å². The predicted molar refractivity (Wildman–Crippen MR) is 64.7 cm³/mol. The molecule has 1 aromatic carbocycles. The monoisotopic (exact) mass is 298 g/mol. The lowest BCUT2D eigenvalue weighted by molar-refractivity contribution is -0.123. The number of amides is 3. The van der Waals surface area contributed by atoms with Gasteiger partial charge in [0, 0.05) is 10.0 Å². The largest absolute Gasteiger partial charge is 0.496 e. The highest BCUT2D eigenvalue weighted by Gasteiger charge is 2.45. The van der Waals surface area contributed by atoms with Crippen molar-refractivity contribution in [3.8, 4) is 5.75 Å². The third-order valence-corrected chi connectivity index (χ3v) is 3.24. The second kappa shape index (κ2) is 4.03. The van der Waals surface area contributed by atoms with Crippen LogP contribution in [0.5, 0.6) is 5.75 Å². The molecule has 90 valence electrons. The molecule has 17 heavy (non-hydrogen) atoms. The number of urea groups is 1. The topological polar surface area (TPSA) is 67.4 Å². The zero-order valence-electron chi connectivity index (χ0n) is 9.33. The van der Waals surface area contributed by atoms with Crippen molar-refractivity contribution in [1.82, 2.24) is 10.6 Å². The van der Waals surface area contributed by atoms with E-state index >= 15 is 0 Å². The van der Waals surface area contributed by atoms with Crippen molar-refractivity contribution < 1.29 is 14.3 Å². The maximum Gasteiger partial charge on any atom is 0.322 e. The van der Waals surface area contributed by atoms with E-state index in [1.165, 1.54) is 7.11 Å². The zero-order valence-corrected chi connectivity index (χ0v) is 10.9. The van der Waals surface area contributed by atoms with Gasteiger partial charge in [0.1, 0.15) is 11.3 Å². The Labute approximate surface area is 107 Å². The van der Waals surface area contributed by atoms with Crippen LogP contribution in [0, 0.1) is 0 Å². The molecule has 1 aliphatic heterocycles. The molecule has 1 aliphatic rings. The van der Waals surface area contributed by atoms with Crippen LogP contribution in [-0.2, 0) is 10.3 Å². The minimum absolute atomic E-state index is 0.390. The van der Waals surface area contributed by atoms with Gasteiger partial charge in [0.25, 0.3) is 5.91 Å². The van der Waals surface area contributed by atoms with Gasteiger partial charge in [-0.15, -0.1) is 0 Å². The SMILES string of the molecule is COc1ccc(Br)cc1C1(C)NC(=O)NC1=O. The number of hydrogen-bond donors (Lipinski definition) is 2. The van der Waals surface area contributed by atoms with Gasteiger partial charge in [0.05, 0.1) is 7.11 Å². The number of methoxy groups -OCH3 is 1. The average molecular weight is 299 g/mol. The highest BCUT2D eigenvalue weighted by atomic mass is 79.9. The fourth-order valence-electron chi connectivity index (χ4n) is 1.80. The molecule has 3 amide bonds. The van der Waals surface area contributed by atoms with Gasteiger partial charge < -0.3 is 10.1 Å². The van der Waals surface area contributed by atoms with E-state index in [1.807, 2.05) is 0 Å². The van der Waals surface area contributed by atoms with E-state index < -0.39 is 11.6 Å². The Balaban J connectivity index is 2.56. The number of carbonyl (C=O) groups is 2. The van der Waals surface area contributed by atoms with Crippen LogP contribution in [-0.4, -0.2) is 19.0 Å². The molecular weight excluding hydrogens is 288 g/mol. The lowest BCUT2D eigenvalue weighted by atomic mass is 9.91. The predicted octanol–water partition coefficient (Wildman–Crippen LogP) is 1.51. The summed E-state index contributed by atoms with van der Waals surface area (Å²) in [7, 11) is 1.52. The molecular formula is C11H11BrN2O3. The van der Waals surface area contributed by atoms with E-state index in [-0.39, 0.29) is 5.91 Å². The number of hydrogen-bond acceptors (Lipinski definition) is 3. The Morgan fingerprint density at radius 3 is 2.59 bits per heavy atom. The van der Waals surface area contributed by atoms with Crippen LogP contribution in [0.25, 0.3) is 0 Å². The van der Waals surface area contributed by atoms with Crippen molar-refractivity contribution in [3.63, 3.8) is 0 Å². The number of rotatable bonds is 2. The van der Waals surface area contributed by atoms with Gasteiger partial charge in [0.15, 0.2) is 0 Å². The second-order valence-electron chi connectivity index (χ2n) is 3.88. The first-order valence-electron chi connectivity index (χ1n) is 4.95. The summed E-state index contributed by atoms with van der Waals surface area (Å²) >= 11 is 3.33. The zero-order chi connectivity index (χ0) is 12.6. The van der Waals surface area contributed by atoms with E-state index in [1.54, 1.807) is 25.1 Å². The van der Waals surface area contributed by atoms with Crippen LogP contribution < -0.4 is 15.4 Å². The molecule has 1 aromatic rings. The van der Waals surface area contributed by atoms with Gasteiger partial charge in [-0.3, -0.25) is 10.1 Å². The fraction of sp³-hybridized carbons (Fsp3) is 0.273. The number of nitrogens with one attached hydrogen (secondary N) is 2. The van der Waals surface area contributed by atoms with E-state index in [2.05, 4.69) is 26.6 Å². The minimum Gasteiger partial charge on any atom is -0.496 e. The molecule has 0 spiro atoms. The van der Waals surface area contributed by atoms with Crippen LogP contribution >= 0.6 is 15.9 Å². The quantitative estimate of drug-likeness (QED) is 0.814. The van der Waals surface area contributed by atoms with Crippen molar-refractivity contribution in [1.29, 1.82) is 0 Å². The van der Waals surface area contributed by atoms with Crippen LogP contribution in [0.4, 0.5) is 4.79 Å². The first-order valence-corrected chi connectivity index (χ1v) is 5.74. The normalized spacial score (nSPS) is 23.2. The third-order valence-electron chi connectivity index (χ3n) is 2.74. The maximum atomic E-state index is 11.8. The summed E-state index contributed by atoms with van der Waals surface area (Å²) in [6.45, 7) is 1.64. The van der Waals surface area contributed by atoms with E-state index in [4.69, 9.17) is 4.74 Å². The van der Waals surface area contributed by atoms with Crippen LogP contribution in [0.3, 0.4) is 0 Å². The van der Waals surface area contributed by atoms with Gasteiger partial charge in [-0.1, -0.05) is 15.9 Å². The standard InChI is InChI=1S/C11H11BrN2O3/c1-11(9(15)13-10(16)14-11)7-5-6(12)3-4-8(7)17-2/h3-5H,1-2H3,(H2,13,14,15,16). The van der Waals surface area contributed by atoms with Crippen molar-refractivity contribution in [2.24, 2.45) is 0 Å². The summed E-state index contributed by atoms with van der Waals surface area (Å²) in [4.78, 5) is 23.1. The summed E-state index contributed by atoms with van der Waals surface area (Å²) in [5.41, 5.74) is -0.496. The molecule has 1 fully saturated rings. The Morgan fingerprint density at radius 2 is 2.06 bits per heavy atom. The Bertz CT molecular complexity index is 503. The minimum atomic E-state index is -1.10. The molecule has 2 N–H and O–H groups in total. The van der Waals surface area contributed by atoms with Crippen LogP contribution in [0.2, 0.25) is 0 Å².